The zero-order valence-corrected chi connectivity index (χ0v) is 8.79. The predicted molar refractivity (Wildman–Crippen MR) is 63.9 cm³/mol. The third kappa shape index (κ3) is 1.43. The van der Waals surface area contributed by atoms with Crippen LogP contribution in [-0.4, -0.2) is 4.98 Å². The highest BCUT2D eigenvalue weighted by Crippen LogP contribution is 2.31. The molecule has 0 saturated carbocycles. The van der Waals surface area contributed by atoms with E-state index in [1.807, 2.05) is 36.5 Å². The van der Waals surface area contributed by atoms with E-state index in [1.165, 1.54) is 15.6 Å². The maximum absolute atomic E-state index is 4.36. The molecule has 3 aromatic rings. The maximum Gasteiger partial charge on any atom is 0.0716 e. The predicted octanol–water partition coefficient (Wildman–Crippen LogP) is 3.76. The van der Waals surface area contributed by atoms with E-state index in [1.54, 1.807) is 11.3 Å². The third-order valence-corrected chi connectivity index (χ3v) is 3.28. The van der Waals surface area contributed by atoms with Crippen molar-refractivity contribution in [2.24, 2.45) is 0 Å². The summed E-state index contributed by atoms with van der Waals surface area (Å²) in [7, 11) is 0. The molecule has 0 saturated heterocycles. The summed E-state index contributed by atoms with van der Waals surface area (Å²) in [6, 6.07) is 15.3. The summed E-state index contributed by atoms with van der Waals surface area (Å²) in [6.45, 7) is 0. The number of nitrogens with zero attached hydrogens (tertiary/aromatic N) is 1. The summed E-state index contributed by atoms with van der Waals surface area (Å²) in [5.41, 5.74) is 2.20. The van der Waals surface area contributed by atoms with Gasteiger partial charge in [-0.25, -0.2) is 0 Å². The third-order valence-electron chi connectivity index (χ3n) is 2.33. The molecule has 0 atom stereocenters. The number of fused-ring (bicyclic) bond motifs is 1. The molecule has 0 unspecified atom stereocenters. The molecule has 0 fully saturated rings. The fourth-order valence-electron chi connectivity index (χ4n) is 1.62. The number of hydrogen-bond acceptors (Lipinski definition) is 2. The van der Waals surface area contributed by atoms with E-state index < -0.39 is 0 Å². The van der Waals surface area contributed by atoms with Crippen LogP contribution in [0.25, 0.3) is 21.3 Å². The Morgan fingerprint density at radius 2 is 2.13 bits per heavy atom. The first-order valence-electron chi connectivity index (χ1n) is 4.74. The second-order valence-electron chi connectivity index (χ2n) is 3.27. The Morgan fingerprint density at radius 1 is 1.13 bits per heavy atom. The van der Waals surface area contributed by atoms with E-state index in [0.717, 1.165) is 5.69 Å². The van der Waals surface area contributed by atoms with Crippen molar-refractivity contribution in [3.8, 4) is 11.3 Å². The summed E-state index contributed by atoms with van der Waals surface area (Å²) in [4.78, 5) is 4.36. The molecule has 0 aliphatic carbocycles. The first kappa shape index (κ1) is 8.62. The Labute approximate surface area is 92.0 Å². The number of hydrogen-bond donors (Lipinski definition) is 0. The van der Waals surface area contributed by atoms with Crippen molar-refractivity contribution in [1.29, 1.82) is 0 Å². The molecule has 2 heterocycles. The Bertz CT molecular complexity index is 584. The van der Waals surface area contributed by atoms with Gasteiger partial charge in [0.05, 0.1) is 5.69 Å². The summed E-state index contributed by atoms with van der Waals surface area (Å²) in [6.07, 6.45) is 1.82. The minimum Gasteiger partial charge on any atom is -0.256 e. The molecular formula is C13H8NS. The van der Waals surface area contributed by atoms with Crippen LogP contribution in [0.1, 0.15) is 0 Å². The lowest BCUT2D eigenvalue weighted by atomic mass is 10.1. The van der Waals surface area contributed by atoms with E-state index in [2.05, 4.69) is 22.5 Å². The van der Waals surface area contributed by atoms with Crippen molar-refractivity contribution in [2.45, 2.75) is 0 Å². The summed E-state index contributed by atoms with van der Waals surface area (Å²) >= 11 is 1.74. The topological polar surface area (TPSA) is 12.9 Å². The Kier molecular flexibility index (Phi) is 2.00. The number of rotatable bonds is 1. The quantitative estimate of drug-likeness (QED) is 0.596. The normalized spacial score (nSPS) is 10.7. The molecule has 0 N–H and O–H groups in total. The van der Waals surface area contributed by atoms with E-state index in [4.69, 9.17) is 0 Å². The van der Waals surface area contributed by atoms with Crippen molar-refractivity contribution < 1.29 is 0 Å². The van der Waals surface area contributed by atoms with Crippen LogP contribution in [0, 0.1) is 6.07 Å². The maximum atomic E-state index is 4.36. The van der Waals surface area contributed by atoms with Gasteiger partial charge in [-0.2, -0.15) is 0 Å². The molecule has 15 heavy (non-hydrogen) atoms. The summed E-state index contributed by atoms with van der Waals surface area (Å²) < 4.78 is 1.26. The van der Waals surface area contributed by atoms with Crippen molar-refractivity contribution in [3.63, 3.8) is 0 Å². The molecule has 71 valence electrons. The highest BCUT2D eigenvalue weighted by molar-refractivity contribution is 7.17. The molecule has 0 aliphatic heterocycles. The van der Waals surface area contributed by atoms with E-state index in [-0.39, 0.29) is 0 Å². The summed E-state index contributed by atoms with van der Waals surface area (Å²) in [5.74, 6) is 0. The van der Waals surface area contributed by atoms with Gasteiger partial charge >= 0.3 is 0 Å². The lowest BCUT2D eigenvalue weighted by molar-refractivity contribution is 1.34. The number of aromatic nitrogens is 1. The molecule has 1 aromatic carbocycles. The van der Waals surface area contributed by atoms with Crippen molar-refractivity contribution in [2.75, 3.05) is 0 Å². The van der Waals surface area contributed by atoms with Gasteiger partial charge < -0.3 is 0 Å². The van der Waals surface area contributed by atoms with Crippen LogP contribution in [0.15, 0.2) is 48.0 Å². The molecule has 1 nitrogen and oxygen atoms in total. The van der Waals surface area contributed by atoms with Crippen molar-refractivity contribution >= 4 is 21.4 Å². The van der Waals surface area contributed by atoms with E-state index >= 15 is 0 Å². The monoisotopic (exact) mass is 210 g/mol. The number of thiophene rings is 1. The van der Waals surface area contributed by atoms with Gasteiger partial charge in [0.25, 0.3) is 0 Å². The highest BCUT2D eigenvalue weighted by atomic mass is 32.1. The molecule has 2 aromatic heterocycles. The van der Waals surface area contributed by atoms with E-state index in [9.17, 15) is 0 Å². The fraction of sp³-hybridized carbons (Fsp3) is 0. The second-order valence-corrected chi connectivity index (χ2v) is 4.18. The van der Waals surface area contributed by atoms with Crippen LogP contribution in [0.4, 0.5) is 0 Å². The van der Waals surface area contributed by atoms with Crippen LogP contribution in [0.5, 0.6) is 0 Å². The zero-order chi connectivity index (χ0) is 10.1. The zero-order valence-electron chi connectivity index (χ0n) is 7.97. The van der Waals surface area contributed by atoms with Crippen molar-refractivity contribution in [1.82, 2.24) is 4.98 Å². The van der Waals surface area contributed by atoms with Gasteiger partial charge in [-0.15, -0.1) is 11.3 Å². The SMILES string of the molecule is [c]1cccc2scc(-c3ccccn3)c12. The molecule has 0 amide bonds. The average molecular weight is 210 g/mol. The summed E-state index contributed by atoms with van der Waals surface area (Å²) in [5, 5.41) is 3.31. The molecule has 0 bridgehead atoms. The molecule has 1 radical (unpaired) electrons. The molecular weight excluding hydrogens is 202 g/mol. The fourth-order valence-corrected chi connectivity index (χ4v) is 2.55. The Balaban J connectivity index is 2.28. The highest BCUT2D eigenvalue weighted by Gasteiger charge is 2.05. The second kappa shape index (κ2) is 3.48. The number of pyridine rings is 1. The smallest absolute Gasteiger partial charge is 0.0716 e. The van der Waals surface area contributed by atoms with Crippen LogP contribution in [-0.2, 0) is 0 Å². The minimum absolute atomic E-state index is 1.02. The molecule has 3 rings (SSSR count). The van der Waals surface area contributed by atoms with E-state index in [0.29, 0.717) is 0 Å². The Hall–Kier alpha value is -1.67. The van der Waals surface area contributed by atoms with Crippen LogP contribution >= 0.6 is 11.3 Å². The standard InChI is InChI=1S/C13H8NS/c1-2-7-13-10(5-1)11(9-15-13)12-6-3-4-8-14-12/h1-4,6-9H. The van der Waals surface area contributed by atoms with Crippen LogP contribution in [0.2, 0.25) is 0 Å². The first-order chi connectivity index (χ1) is 7.45. The molecule has 2 heteroatoms. The first-order valence-corrected chi connectivity index (χ1v) is 5.62. The van der Waals surface area contributed by atoms with Crippen LogP contribution in [0.3, 0.4) is 0 Å². The van der Waals surface area contributed by atoms with Gasteiger partial charge in [-0.05, 0) is 24.3 Å². The molecule has 0 aliphatic rings. The lowest BCUT2D eigenvalue weighted by Crippen LogP contribution is -1.79. The lowest BCUT2D eigenvalue weighted by Gasteiger charge is -1.96. The van der Waals surface area contributed by atoms with Gasteiger partial charge in [0.1, 0.15) is 0 Å². The average Bonchev–Trinajstić information content (AvgIpc) is 2.74. The largest absolute Gasteiger partial charge is 0.256 e. The van der Waals surface area contributed by atoms with Gasteiger partial charge in [-0.3, -0.25) is 4.98 Å². The Morgan fingerprint density at radius 3 is 3.00 bits per heavy atom. The molecule has 0 spiro atoms. The van der Waals surface area contributed by atoms with Gasteiger partial charge in [0, 0.05) is 27.2 Å². The van der Waals surface area contributed by atoms with Gasteiger partial charge in [0.2, 0.25) is 0 Å². The van der Waals surface area contributed by atoms with Gasteiger partial charge in [-0.1, -0.05) is 18.2 Å². The number of benzene rings is 1. The minimum atomic E-state index is 1.02. The van der Waals surface area contributed by atoms with Gasteiger partial charge in [0.15, 0.2) is 0 Å². The van der Waals surface area contributed by atoms with Crippen LogP contribution < -0.4 is 0 Å². The van der Waals surface area contributed by atoms with Crippen molar-refractivity contribution in [3.05, 3.63) is 54.0 Å².